The number of nitrogens with zero attached hydrogens (tertiary/aromatic N) is 2. The van der Waals surface area contributed by atoms with Crippen molar-refractivity contribution in [1.29, 1.82) is 0 Å². The van der Waals surface area contributed by atoms with Gasteiger partial charge in [-0.25, -0.2) is 4.98 Å². The Morgan fingerprint density at radius 2 is 1.83 bits per heavy atom. The fraction of sp³-hybridized carbons (Fsp3) is 0.158. The number of hydrogen-bond acceptors (Lipinski definition) is 2. The molecule has 1 heterocycles. The number of hydrogen-bond donors (Lipinski definition) is 1. The molecule has 4 nitrogen and oxygen atoms in total. The predicted octanol–water partition coefficient (Wildman–Crippen LogP) is 3.67. The Hall–Kier alpha value is -2.40. The lowest BCUT2D eigenvalue weighted by Gasteiger charge is -2.09. The molecule has 0 unspecified atom stereocenters. The number of carbonyl (C=O) groups is 1. The SMILES string of the molecule is O=C(NCCc1nccn1Cc1ccccc1)c1ccc(Br)cc1. The second-order valence-corrected chi connectivity index (χ2v) is 6.39. The van der Waals surface area contributed by atoms with E-state index in [1.54, 1.807) is 18.3 Å². The molecule has 122 valence electrons. The highest BCUT2D eigenvalue weighted by Crippen LogP contribution is 2.10. The maximum atomic E-state index is 12.1. The lowest BCUT2D eigenvalue weighted by atomic mass is 10.2. The Kier molecular flexibility index (Phi) is 5.43. The van der Waals surface area contributed by atoms with Gasteiger partial charge in [0.1, 0.15) is 5.82 Å². The molecule has 3 rings (SSSR count). The molecule has 3 aromatic rings. The van der Waals surface area contributed by atoms with Gasteiger partial charge in [-0.15, -0.1) is 0 Å². The zero-order valence-electron chi connectivity index (χ0n) is 13.2. The van der Waals surface area contributed by atoms with Crippen molar-refractivity contribution in [1.82, 2.24) is 14.9 Å². The van der Waals surface area contributed by atoms with Gasteiger partial charge in [0.2, 0.25) is 0 Å². The van der Waals surface area contributed by atoms with Crippen LogP contribution < -0.4 is 5.32 Å². The Morgan fingerprint density at radius 1 is 1.08 bits per heavy atom. The average Bonchev–Trinajstić information content (AvgIpc) is 3.03. The highest BCUT2D eigenvalue weighted by Gasteiger charge is 2.07. The number of imidazole rings is 1. The Bertz CT molecular complexity index is 797. The van der Waals surface area contributed by atoms with Gasteiger partial charge in [0.25, 0.3) is 5.91 Å². The number of amides is 1. The van der Waals surface area contributed by atoms with Crippen LogP contribution in [0.15, 0.2) is 71.5 Å². The zero-order valence-corrected chi connectivity index (χ0v) is 14.7. The van der Waals surface area contributed by atoms with Gasteiger partial charge >= 0.3 is 0 Å². The quantitative estimate of drug-likeness (QED) is 0.705. The number of carbonyl (C=O) groups excluding carboxylic acids is 1. The number of halogens is 1. The summed E-state index contributed by atoms with van der Waals surface area (Å²) in [5.74, 6) is 0.902. The average molecular weight is 384 g/mol. The second kappa shape index (κ2) is 7.93. The maximum absolute atomic E-state index is 12.1. The largest absolute Gasteiger partial charge is 0.352 e. The van der Waals surface area contributed by atoms with Crippen LogP contribution in [0.3, 0.4) is 0 Å². The summed E-state index contributed by atoms with van der Waals surface area (Å²) < 4.78 is 3.07. The molecule has 0 aliphatic rings. The molecule has 0 aliphatic heterocycles. The first kappa shape index (κ1) is 16.5. The summed E-state index contributed by atoms with van der Waals surface area (Å²) >= 11 is 3.37. The van der Waals surface area contributed by atoms with E-state index in [-0.39, 0.29) is 5.91 Å². The Morgan fingerprint density at radius 3 is 2.58 bits per heavy atom. The third-order valence-corrected chi connectivity index (χ3v) is 4.27. The molecule has 0 aliphatic carbocycles. The molecule has 0 atom stereocenters. The van der Waals surface area contributed by atoms with E-state index < -0.39 is 0 Å². The van der Waals surface area contributed by atoms with E-state index in [0.717, 1.165) is 16.8 Å². The Balaban J connectivity index is 1.55. The number of aromatic nitrogens is 2. The first-order chi connectivity index (χ1) is 11.7. The van der Waals surface area contributed by atoms with Gasteiger partial charge in [-0.3, -0.25) is 4.79 Å². The van der Waals surface area contributed by atoms with Gasteiger partial charge in [-0.2, -0.15) is 0 Å². The van der Waals surface area contributed by atoms with Crippen LogP contribution in [0.1, 0.15) is 21.7 Å². The summed E-state index contributed by atoms with van der Waals surface area (Å²) in [4.78, 5) is 16.5. The first-order valence-electron chi connectivity index (χ1n) is 7.80. The summed E-state index contributed by atoms with van der Waals surface area (Å²) in [6.07, 6.45) is 4.47. The topological polar surface area (TPSA) is 46.9 Å². The number of benzene rings is 2. The minimum Gasteiger partial charge on any atom is -0.352 e. The smallest absolute Gasteiger partial charge is 0.251 e. The maximum Gasteiger partial charge on any atom is 0.251 e. The fourth-order valence-corrected chi connectivity index (χ4v) is 2.75. The van der Waals surface area contributed by atoms with E-state index in [9.17, 15) is 4.79 Å². The highest BCUT2D eigenvalue weighted by atomic mass is 79.9. The first-order valence-corrected chi connectivity index (χ1v) is 8.59. The van der Waals surface area contributed by atoms with Crippen LogP contribution in [0, 0.1) is 0 Å². The molecule has 1 aromatic heterocycles. The number of nitrogens with one attached hydrogen (secondary N) is 1. The van der Waals surface area contributed by atoms with Crippen molar-refractivity contribution in [2.75, 3.05) is 6.54 Å². The minimum absolute atomic E-state index is 0.0661. The van der Waals surface area contributed by atoms with E-state index in [4.69, 9.17) is 0 Å². The molecule has 2 aromatic carbocycles. The monoisotopic (exact) mass is 383 g/mol. The van der Waals surface area contributed by atoms with Crippen LogP contribution in [0.4, 0.5) is 0 Å². The summed E-state index contributed by atoms with van der Waals surface area (Å²) in [5, 5.41) is 2.94. The molecule has 0 saturated heterocycles. The van der Waals surface area contributed by atoms with Crippen LogP contribution in [-0.2, 0) is 13.0 Å². The molecule has 0 spiro atoms. The van der Waals surface area contributed by atoms with Gasteiger partial charge < -0.3 is 9.88 Å². The summed E-state index contributed by atoms with van der Waals surface area (Å²) in [6, 6.07) is 17.6. The zero-order chi connectivity index (χ0) is 16.8. The second-order valence-electron chi connectivity index (χ2n) is 5.47. The van der Waals surface area contributed by atoms with E-state index in [2.05, 4.69) is 42.9 Å². The third kappa shape index (κ3) is 4.32. The molecule has 1 N–H and O–H groups in total. The van der Waals surface area contributed by atoms with Crippen molar-refractivity contribution in [3.8, 4) is 0 Å². The van der Waals surface area contributed by atoms with Crippen molar-refractivity contribution in [2.45, 2.75) is 13.0 Å². The van der Waals surface area contributed by atoms with Crippen LogP contribution in [0.25, 0.3) is 0 Å². The molecule has 0 bridgehead atoms. The third-order valence-electron chi connectivity index (χ3n) is 3.74. The van der Waals surface area contributed by atoms with Crippen LogP contribution in [0.5, 0.6) is 0 Å². The Labute approximate surface area is 149 Å². The fourth-order valence-electron chi connectivity index (χ4n) is 2.48. The molecule has 24 heavy (non-hydrogen) atoms. The minimum atomic E-state index is -0.0661. The van der Waals surface area contributed by atoms with Gasteiger partial charge in [0.05, 0.1) is 0 Å². The van der Waals surface area contributed by atoms with Crippen LogP contribution in [-0.4, -0.2) is 22.0 Å². The van der Waals surface area contributed by atoms with Crippen molar-refractivity contribution < 1.29 is 4.79 Å². The van der Waals surface area contributed by atoms with Gasteiger partial charge in [0.15, 0.2) is 0 Å². The van der Waals surface area contributed by atoms with Crippen molar-refractivity contribution in [3.63, 3.8) is 0 Å². The summed E-state index contributed by atoms with van der Waals surface area (Å²) in [7, 11) is 0. The van der Waals surface area contributed by atoms with Crippen LogP contribution >= 0.6 is 15.9 Å². The van der Waals surface area contributed by atoms with Crippen molar-refractivity contribution in [3.05, 3.63) is 88.4 Å². The standard InChI is InChI=1S/C19H18BrN3O/c20-17-8-6-16(7-9-17)19(24)22-11-10-18-21-12-13-23(18)14-15-4-2-1-3-5-15/h1-9,12-13H,10-11,14H2,(H,22,24). The normalized spacial score (nSPS) is 10.5. The number of rotatable bonds is 6. The highest BCUT2D eigenvalue weighted by molar-refractivity contribution is 9.10. The van der Waals surface area contributed by atoms with E-state index in [1.165, 1.54) is 5.56 Å². The lowest BCUT2D eigenvalue weighted by molar-refractivity contribution is 0.0954. The van der Waals surface area contributed by atoms with Gasteiger partial charge in [-0.05, 0) is 29.8 Å². The molecule has 5 heteroatoms. The van der Waals surface area contributed by atoms with Gasteiger partial charge in [0, 0.05) is 41.9 Å². The molecule has 0 radical (unpaired) electrons. The summed E-state index contributed by atoms with van der Waals surface area (Å²) in [6.45, 7) is 1.34. The van der Waals surface area contributed by atoms with E-state index in [0.29, 0.717) is 18.5 Å². The molecular weight excluding hydrogens is 366 g/mol. The molecule has 0 saturated carbocycles. The van der Waals surface area contributed by atoms with E-state index >= 15 is 0 Å². The molecule has 0 fully saturated rings. The van der Waals surface area contributed by atoms with Crippen molar-refractivity contribution in [2.24, 2.45) is 0 Å². The van der Waals surface area contributed by atoms with Gasteiger partial charge in [-0.1, -0.05) is 46.3 Å². The predicted molar refractivity (Wildman–Crippen MR) is 98.0 cm³/mol. The molecule has 1 amide bonds. The van der Waals surface area contributed by atoms with E-state index in [1.807, 2.05) is 36.5 Å². The van der Waals surface area contributed by atoms with Crippen LogP contribution in [0.2, 0.25) is 0 Å². The van der Waals surface area contributed by atoms with Crippen molar-refractivity contribution >= 4 is 21.8 Å². The summed E-state index contributed by atoms with van der Waals surface area (Å²) in [5.41, 5.74) is 1.89. The lowest BCUT2D eigenvalue weighted by Crippen LogP contribution is -2.26. The molecular formula is C19H18BrN3O.